The molecule has 2 heterocycles. The first-order valence-corrected chi connectivity index (χ1v) is 7.97. The molecule has 2 N–H and O–H groups in total. The van der Waals surface area contributed by atoms with Crippen LogP contribution in [0.5, 0.6) is 0 Å². The van der Waals surface area contributed by atoms with Gasteiger partial charge in [0.2, 0.25) is 0 Å². The van der Waals surface area contributed by atoms with Crippen LogP contribution in [0.4, 0.5) is 0 Å². The third kappa shape index (κ3) is 2.91. The van der Waals surface area contributed by atoms with Crippen LogP contribution in [0.25, 0.3) is 0 Å². The summed E-state index contributed by atoms with van der Waals surface area (Å²) in [5, 5.41) is 18.1. The monoisotopic (exact) mass is 292 g/mol. The van der Waals surface area contributed by atoms with Crippen molar-refractivity contribution in [3.05, 3.63) is 0 Å². The maximum atomic E-state index is 12.4. The summed E-state index contributed by atoms with van der Waals surface area (Å²) in [6, 6.07) is -0.331. The van der Waals surface area contributed by atoms with Crippen LogP contribution in [-0.4, -0.2) is 65.5 Å². The molecule has 0 bridgehead atoms. The van der Waals surface area contributed by atoms with E-state index in [0.29, 0.717) is 25.8 Å². The second-order valence-corrected chi connectivity index (χ2v) is 6.99. The van der Waals surface area contributed by atoms with E-state index < -0.39 is 22.1 Å². The van der Waals surface area contributed by atoms with Crippen molar-refractivity contribution in [2.75, 3.05) is 26.2 Å². The molecular formula is C11H20N2O5S. The quantitative estimate of drug-likeness (QED) is 0.727. The molecule has 7 nitrogen and oxygen atoms in total. The molecule has 0 aromatic heterocycles. The van der Waals surface area contributed by atoms with Crippen molar-refractivity contribution in [1.82, 2.24) is 8.61 Å². The summed E-state index contributed by atoms with van der Waals surface area (Å²) in [5.74, 6) is -1.30. The Morgan fingerprint density at radius 2 is 1.79 bits per heavy atom. The second kappa shape index (κ2) is 5.74. The molecule has 8 heteroatoms. The predicted molar refractivity (Wildman–Crippen MR) is 67.7 cm³/mol. The zero-order valence-electron chi connectivity index (χ0n) is 10.7. The van der Waals surface area contributed by atoms with E-state index in [2.05, 4.69) is 0 Å². The summed E-state index contributed by atoms with van der Waals surface area (Å²) in [7, 11) is -3.56. The summed E-state index contributed by atoms with van der Waals surface area (Å²) in [5.41, 5.74) is 0. The SMILES string of the molecule is O=C(O)C1CCN(S(=O)(=O)N2CCCC2CO)CC1. The predicted octanol–water partition coefficient (Wildman–Crippen LogP) is -0.515. The van der Waals surface area contributed by atoms with Crippen LogP contribution in [0.15, 0.2) is 0 Å². The number of hydrogen-bond donors (Lipinski definition) is 2. The lowest BCUT2D eigenvalue weighted by atomic mass is 9.99. The molecule has 2 saturated heterocycles. The van der Waals surface area contributed by atoms with Gasteiger partial charge in [-0.1, -0.05) is 0 Å². The van der Waals surface area contributed by atoms with Crippen molar-refractivity contribution >= 4 is 16.2 Å². The summed E-state index contributed by atoms with van der Waals surface area (Å²) in [6.45, 7) is 0.763. The minimum absolute atomic E-state index is 0.162. The van der Waals surface area contributed by atoms with E-state index in [4.69, 9.17) is 5.11 Å². The van der Waals surface area contributed by atoms with Gasteiger partial charge in [-0.05, 0) is 25.7 Å². The number of piperidine rings is 1. The average molecular weight is 292 g/mol. The lowest BCUT2D eigenvalue weighted by Gasteiger charge is -2.34. The van der Waals surface area contributed by atoms with Crippen LogP contribution in [0.1, 0.15) is 25.7 Å². The minimum atomic E-state index is -3.56. The number of carboxylic acids is 1. The molecule has 110 valence electrons. The average Bonchev–Trinajstić information content (AvgIpc) is 2.87. The molecule has 0 aliphatic carbocycles. The molecule has 0 amide bonds. The van der Waals surface area contributed by atoms with E-state index in [-0.39, 0.29) is 25.7 Å². The Hall–Kier alpha value is -0.700. The Kier molecular flexibility index (Phi) is 4.44. The van der Waals surface area contributed by atoms with Gasteiger partial charge in [0.05, 0.1) is 12.5 Å². The Balaban J connectivity index is 2.03. The van der Waals surface area contributed by atoms with Crippen LogP contribution in [-0.2, 0) is 15.0 Å². The lowest BCUT2D eigenvalue weighted by Crippen LogP contribution is -2.50. The molecule has 2 aliphatic heterocycles. The molecule has 1 unspecified atom stereocenters. The molecule has 1 atom stereocenters. The molecule has 0 radical (unpaired) electrons. The van der Waals surface area contributed by atoms with E-state index in [1.165, 1.54) is 8.61 Å². The zero-order valence-corrected chi connectivity index (χ0v) is 11.5. The van der Waals surface area contributed by atoms with Crippen molar-refractivity contribution in [3.63, 3.8) is 0 Å². The molecular weight excluding hydrogens is 272 g/mol. The van der Waals surface area contributed by atoms with Gasteiger partial charge in [0.25, 0.3) is 10.2 Å². The van der Waals surface area contributed by atoms with Crippen molar-refractivity contribution < 1.29 is 23.4 Å². The number of aliphatic carboxylic acids is 1. The van der Waals surface area contributed by atoms with Gasteiger partial charge in [-0.25, -0.2) is 0 Å². The topological polar surface area (TPSA) is 98.2 Å². The number of hydrogen-bond acceptors (Lipinski definition) is 4. The Morgan fingerprint density at radius 3 is 2.32 bits per heavy atom. The molecule has 2 aliphatic rings. The van der Waals surface area contributed by atoms with Gasteiger partial charge in [-0.15, -0.1) is 0 Å². The first-order chi connectivity index (χ1) is 8.96. The lowest BCUT2D eigenvalue weighted by molar-refractivity contribution is -0.142. The smallest absolute Gasteiger partial charge is 0.306 e. The van der Waals surface area contributed by atoms with E-state index in [9.17, 15) is 18.3 Å². The zero-order chi connectivity index (χ0) is 14.0. The van der Waals surface area contributed by atoms with Gasteiger partial charge in [-0.2, -0.15) is 17.0 Å². The first kappa shape index (κ1) is 14.7. The second-order valence-electron chi connectivity index (χ2n) is 5.11. The highest BCUT2D eigenvalue weighted by molar-refractivity contribution is 7.86. The number of aliphatic hydroxyl groups is 1. The summed E-state index contributed by atoms with van der Waals surface area (Å²) in [6.07, 6.45) is 2.15. The molecule has 2 fully saturated rings. The Morgan fingerprint density at radius 1 is 1.16 bits per heavy atom. The summed E-state index contributed by atoms with van der Waals surface area (Å²) >= 11 is 0. The van der Waals surface area contributed by atoms with Gasteiger partial charge in [-0.3, -0.25) is 4.79 Å². The number of carboxylic acid groups (broad SMARTS) is 1. The number of rotatable bonds is 4. The highest BCUT2D eigenvalue weighted by Crippen LogP contribution is 2.26. The normalized spacial score (nSPS) is 27.7. The van der Waals surface area contributed by atoms with Crippen molar-refractivity contribution in [2.24, 2.45) is 5.92 Å². The first-order valence-electron chi connectivity index (χ1n) is 6.57. The van der Waals surface area contributed by atoms with Gasteiger partial charge >= 0.3 is 5.97 Å². The van der Waals surface area contributed by atoms with Crippen molar-refractivity contribution in [1.29, 1.82) is 0 Å². The van der Waals surface area contributed by atoms with Crippen LogP contribution < -0.4 is 0 Å². The molecule has 2 rings (SSSR count). The number of nitrogens with zero attached hydrogens (tertiary/aromatic N) is 2. The van der Waals surface area contributed by atoms with Crippen molar-refractivity contribution in [3.8, 4) is 0 Å². The summed E-state index contributed by atoms with van der Waals surface area (Å²) in [4.78, 5) is 10.9. The van der Waals surface area contributed by atoms with E-state index in [1.54, 1.807) is 0 Å². The molecule has 0 saturated carbocycles. The third-order valence-corrected chi connectivity index (χ3v) is 6.05. The fraction of sp³-hybridized carbons (Fsp3) is 0.909. The Bertz CT molecular complexity index is 430. The van der Waals surface area contributed by atoms with Crippen molar-refractivity contribution in [2.45, 2.75) is 31.7 Å². The third-order valence-electron chi connectivity index (χ3n) is 3.96. The van der Waals surface area contributed by atoms with E-state index in [0.717, 1.165) is 6.42 Å². The molecule has 0 aromatic rings. The van der Waals surface area contributed by atoms with Crippen LogP contribution in [0.3, 0.4) is 0 Å². The fourth-order valence-electron chi connectivity index (χ4n) is 2.78. The number of carbonyl (C=O) groups is 1. The maximum Gasteiger partial charge on any atom is 0.306 e. The maximum absolute atomic E-state index is 12.4. The fourth-order valence-corrected chi connectivity index (χ4v) is 4.65. The van der Waals surface area contributed by atoms with Crippen LogP contribution in [0.2, 0.25) is 0 Å². The van der Waals surface area contributed by atoms with Gasteiger partial charge in [0.15, 0.2) is 0 Å². The van der Waals surface area contributed by atoms with Gasteiger partial charge in [0.1, 0.15) is 0 Å². The highest BCUT2D eigenvalue weighted by atomic mass is 32.2. The van der Waals surface area contributed by atoms with Gasteiger partial charge in [0, 0.05) is 25.7 Å². The van der Waals surface area contributed by atoms with Crippen LogP contribution >= 0.6 is 0 Å². The number of aliphatic hydroxyl groups excluding tert-OH is 1. The molecule has 0 aromatic carbocycles. The summed E-state index contributed by atoms with van der Waals surface area (Å²) < 4.78 is 27.6. The molecule has 19 heavy (non-hydrogen) atoms. The van der Waals surface area contributed by atoms with Gasteiger partial charge < -0.3 is 10.2 Å². The van der Waals surface area contributed by atoms with E-state index in [1.807, 2.05) is 0 Å². The Labute approximate surface area is 113 Å². The largest absolute Gasteiger partial charge is 0.481 e. The standard InChI is InChI=1S/C11H20N2O5S/c14-8-10-2-1-5-13(10)19(17,18)12-6-3-9(4-7-12)11(15)16/h9-10,14H,1-8H2,(H,15,16). The minimum Gasteiger partial charge on any atom is -0.481 e. The van der Waals surface area contributed by atoms with E-state index >= 15 is 0 Å². The molecule has 0 spiro atoms. The highest BCUT2D eigenvalue weighted by Gasteiger charge is 2.39. The van der Waals surface area contributed by atoms with Crippen LogP contribution in [0, 0.1) is 5.92 Å².